The van der Waals surface area contributed by atoms with Gasteiger partial charge in [-0.15, -0.1) is 0 Å². The van der Waals surface area contributed by atoms with Gasteiger partial charge in [-0.2, -0.15) is 0 Å². The second kappa shape index (κ2) is 9.20. The van der Waals surface area contributed by atoms with E-state index in [-0.39, 0.29) is 5.91 Å². The number of carbonyl (C=O) groups excluding carboxylic acids is 1. The number of hydrogen-bond acceptors (Lipinski definition) is 5. The minimum Gasteiger partial charge on any atom is -0.491 e. The molecule has 0 radical (unpaired) electrons. The number of amides is 1. The summed E-state index contributed by atoms with van der Waals surface area (Å²) in [5.41, 5.74) is 6.92. The SMILES string of the molecule is COCCOCCCOc1cc(C(=O)N(C)C)ccc1N. The first kappa shape index (κ1) is 17.3. The Hall–Kier alpha value is -1.79. The minimum atomic E-state index is -0.0808. The quantitative estimate of drug-likeness (QED) is 0.551. The summed E-state index contributed by atoms with van der Waals surface area (Å²) in [4.78, 5) is 13.4. The summed E-state index contributed by atoms with van der Waals surface area (Å²) >= 11 is 0. The summed E-state index contributed by atoms with van der Waals surface area (Å²) in [6.07, 6.45) is 0.745. The number of benzene rings is 1. The highest BCUT2D eigenvalue weighted by Gasteiger charge is 2.10. The Morgan fingerprint density at radius 3 is 2.62 bits per heavy atom. The van der Waals surface area contributed by atoms with Crippen LogP contribution in [0.15, 0.2) is 18.2 Å². The van der Waals surface area contributed by atoms with E-state index in [1.165, 1.54) is 4.90 Å². The fourth-order valence-electron chi connectivity index (χ4n) is 1.64. The third-order valence-electron chi connectivity index (χ3n) is 2.79. The van der Waals surface area contributed by atoms with Gasteiger partial charge in [-0.25, -0.2) is 0 Å². The zero-order chi connectivity index (χ0) is 15.7. The lowest BCUT2D eigenvalue weighted by atomic mass is 10.1. The van der Waals surface area contributed by atoms with Crippen molar-refractivity contribution in [2.75, 3.05) is 53.4 Å². The van der Waals surface area contributed by atoms with E-state index in [4.69, 9.17) is 19.9 Å². The van der Waals surface area contributed by atoms with Gasteiger partial charge in [0.25, 0.3) is 5.91 Å². The molecule has 0 aliphatic heterocycles. The van der Waals surface area contributed by atoms with Gasteiger partial charge >= 0.3 is 0 Å². The molecule has 0 atom stereocenters. The monoisotopic (exact) mass is 296 g/mol. The highest BCUT2D eigenvalue weighted by atomic mass is 16.5. The highest BCUT2D eigenvalue weighted by Crippen LogP contribution is 2.23. The lowest BCUT2D eigenvalue weighted by molar-refractivity contribution is 0.0644. The Kier molecular flexibility index (Phi) is 7.56. The van der Waals surface area contributed by atoms with E-state index < -0.39 is 0 Å². The highest BCUT2D eigenvalue weighted by molar-refractivity contribution is 5.94. The molecule has 21 heavy (non-hydrogen) atoms. The van der Waals surface area contributed by atoms with Gasteiger partial charge in [0, 0.05) is 39.8 Å². The minimum absolute atomic E-state index is 0.0808. The van der Waals surface area contributed by atoms with Gasteiger partial charge in [0.05, 0.1) is 25.5 Å². The van der Waals surface area contributed by atoms with Crippen LogP contribution in [0.5, 0.6) is 5.75 Å². The Bertz CT molecular complexity index is 449. The van der Waals surface area contributed by atoms with E-state index in [9.17, 15) is 4.79 Å². The summed E-state index contributed by atoms with van der Waals surface area (Å²) in [7, 11) is 5.05. The predicted octanol–water partition coefficient (Wildman–Crippen LogP) is 1.40. The van der Waals surface area contributed by atoms with E-state index in [2.05, 4.69) is 0 Å². The van der Waals surface area contributed by atoms with Crippen LogP contribution in [0, 0.1) is 0 Å². The van der Waals surface area contributed by atoms with Gasteiger partial charge in [0.15, 0.2) is 0 Å². The molecule has 0 bridgehead atoms. The van der Waals surface area contributed by atoms with Gasteiger partial charge in [-0.05, 0) is 18.2 Å². The summed E-state index contributed by atoms with van der Waals surface area (Å²) < 4.78 is 15.8. The van der Waals surface area contributed by atoms with Crippen molar-refractivity contribution in [1.82, 2.24) is 4.90 Å². The molecule has 0 unspecified atom stereocenters. The molecule has 2 N–H and O–H groups in total. The zero-order valence-corrected chi connectivity index (χ0v) is 12.9. The van der Waals surface area contributed by atoms with Crippen LogP contribution in [0.4, 0.5) is 5.69 Å². The van der Waals surface area contributed by atoms with Crippen LogP contribution in [-0.2, 0) is 9.47 Å². The van der Waals surface area contributed by atoms with Crippen molar-refractivity contribution in [1.29, 1.82) is 0 Å². The van der Waals surface area contributed by atoms with Gasteiger partial charge in [-0.1, -0.05) is 0 Å². The normalized spacial score (nSPS) is 10.4. The van der Waals surface area contributed by atoms with Crippen molar-refractivity contribution in [3.63, 3.8) is 0 Å². The number of methoxy groups -OCH3 is 1. The third-order valence-corrected chi connectivity index (χ3v) is 2.79. The number of anilines is 1. The van der Waals surface area contributed by atoms with Crippen LogP contribution in [0.25, 0.3) is 0 Å². The summed E-state index contributed by atoms with van der Waals surface area (Å²) in [6, 6.07) is 5.04. The van der Waals surface area contributed by atoms with Gasteiger partial charge in [0.1, 0.15) is 5.75 Å². The largest absolute Gasteiger partial charge is 0.491 e. The summed E-state index contributed by atoms with van der Waals surface area (Å²) in [5.74, 6) is 0.447. The van der Waals surface area contributed by atoms with E-state index >= 15 is 0 Å². The van der Waals surface area contributed by atoms with Crippen LogP contribution in [0.1, 0.15) is 16.8 Å². The van der Waals surface area contributed by atoms with Gasteiger partial charge < -0.3 is 24.8 Å². The molecule has 0 aliphatic rings. The number of carbonyl (C=O) groups is 1. The standard InChI is InChI=1S/C15H24N2O4/c1-17(2)15(18)12-5-6-13(16)14(11-12)21-8-4-7-20-10-9-19-3/h5-6,11H,4,7-10,16H2,1-3H3. The van der Waals surface area contributed by atoms with Crippen molar-refractivity contribution >= 4 is 11.6 Å². The van der Waals surface area contributed by atoms with Crippen molar-refractivity contribution < 1.29 is 19.0 Å². The molecule has 1 amide bonds. The average molecular weight is 296 g/mol. The van der Waals surface area contributed by atoms with Gasteiger partial charge in [0.2, 0.25) is 0 Å². The second-order valence-corrected chi connectivity index (χ2v) is 4.76. The summed E-state index contributed by atoms with van der Waals surface area (Å²) in [5, 5.41) is 0. The molecule has 0 aliphatic carbocycles. The fraction of sp³-hybridized carbons (Fsp3) is 0.533. The van der Waals surface area contributed by atoms with Crippen LogP contribution >= 0.6 is 0 Å². The maximum Gasteiger partial charge on any atom is 0.253 e. The number of nitrogens with zero attached hydrogens (tertiary/aromatic N) is 1. The molecule has 0 saturated heterocycles. The van der Waals surface area contributed by atoms with Crippen molar-refractivity contribution in [3.8, 4) is 5.75 Å². The topological polar surface area (TPSA) is 74.0 Å². The van der Waals surface area contributed by atoms with Gasteiger partial charge in [-0.3, -0.25) is 4.79 Å². The molecule has 0 spiro atoms. The molecule has 0 heterocycles. The number of ether oxygens (including phenoxy) is 3. The Morgan fingerprint density at radius 2 is 1.95 bits per heavy atom. The second-order valence-electron chi connectivity index (χ2n) is 4.76. The lowest BCUT2D eigenvalue weighted by Crippen LogP contribution is -2.21. The number of nitrogen functional groups attached to an aromatic ring is 1. The van der Waals surface area contributed by atoms with E-state index in [0.717, 1.165) is 6.42 Å². The van der Waals surface area contributed by atoms with Crippen LogP contribution < -0.4 is 10.5 Å². The van der Waals surface area contributed by atoms with Crippen molar-refractivity contribution in [3.05, 3.63) is 23.8 Å². The Morgan fingerprint density at radius 1 is 1.19 bits per heavy atom. The third kappa shape index (κ3) is 6.01. The average Bonchev–Trinajstić information content (AvgIpc) is 2.47. The maximum atomic E-state index is 11.9. The number of hydrogen-bond donors (Lipinski definition) is 1. The Balaban J connectivity index is 2.44. The molecule has 0 fully saturated rings. The first-order chi connectivity index (χ1) is 10.1. The van der Waals surface area contributed by atoms with Crippen LogP contribution in [-0.4, -0.2) is 58.4 Å². The first-order valence-corrected chi connectivity index (χ1v) is 6.87. The van der Waals surface area contributed by atoms with E-state index in [0.29, 0.717) is 43.4 Å². The first-order valence-electron chi connectivity index (χ1n) is 6.87. The molecule has 118 valence electrons. The number of nitrogens with two attached hydrogens (primary N) is 1. The zero-order valence-electron chi connectivity index (χ0n) is 12.9. The van der Waals surface area contributed by atoms with E-state index in [1.807, 2.05) is 0 Å². The Labute approximate surface area is 125 Å². The number of rotatable bonds is 9. The molecule has 1 aromatic rings. The lowest BCUT2D eigenvalue weighted by Gasteiger charge is -2.13. The van der Waals surface area contributed by atoms with Crippen LogP contribution in [0.2, 0.25) is 0 Å². The van der Waals surface area contributed by atoms with E-state index in [1.54, 1.807) is 39.4 Å². The summed E-state index contributed by atoms with van der Waals surface area (Å²) in [6.45, 7) is 2.24. The van der Waals surface area contributed by atoms with Crippen molar-refractivity contribution in [2.24, 2.45) is 0 Å². The molecule has 0 aromatic heterocycles. The molecular formula is C15H24N2O4. The smallest absolute Gasteiger partial charge is 0.253 e. The molecule has 1 aromatic carbocycles. The molecule has 6 nitrogen and oxygen atoms in total. The fourth-order valence-corrected chi connectivity index (χ4v) is 1.64. The molecule has 1 rings (SSSR count). The molecular weight excluding hydrogens is 272 g/mol. The molecule has 6 heteroatoms. The maximum absolute atomic E-state index is 11.9. The van der Waals surface area contributed by atoms with Crippen LogP contribution in [0.3, 0.4) is 0 Å². The molecule has 0 saturated carbocycles. The van der Waals surface area contributed by atoms with Crippen molar-refractivity contribution in [2.45, 2.75) is 6.42 Å². The predicted molar refractivity (Wildman–Crippen MR) is 81.7 cm³/mol.